The molecular weight excluding hydrogens is 236 g/mol. The number of benzene rings is 1. The van der Waals surface area contributed by atoms with Gasteiger partial charge in [0.2, 0.25) is 0 Å². The molecule has 1 aromatic carbocycles. The molecule has 2 heteroatoms. The van der Waals surface area contributed by atoms with Crippen LogP contribution < -0.4 is 0 Å². The van der Waals surface area contributed by atoms with Gasteiger partial charge in [0.25, 0.3) is 0 Å². The second kappa shape index (κ2) is 5.77. The predicted octanol–water partition coefficient (Wildman–Crippen LogP) is 4.26. The number of carbonyl (C=O) groups excluding carboxylic acids is 1. The Hall–Kier alpha value is -1.31. The molecule has 2 nitrogen and oxygen atoms in total. The van der Waals surface area contributed by atoms with Gasteiger partial charge in [0.15, 0.2) is 0 Å². The van der Waals surface area contributed by atoms with E-state index in [-0.39, 0.29) is 5.97 Å². The van der Waals surface area contributed by atoms with Crippen molar-refractivity contribution in [2.45, 2.75) is 65.4 Å². The van der Waals surface area contributed by atoms with Crippen molar-refractivity contribution in [1.82, 2.24) is 0 Å². The van der Waals surface area contributed by atoms with Gasteiger partial charge in [0.05, 0.1) is 5.41 Å². The van der Waals surface area contributed by atoms with Crippen LogP contribution in [0.2, 0.25) is 0 Å². The smallest absolute Gasteiger partial charge is 0.316 e. The predicted molar refractivity (Wildman–Crippen MR) is 79.3 cm³/mol. The van der Waals surface area contributed by atoms with Crippen LogP contribution in [0, 0.1) is 0 Å². The van der Waals surface area contributed by atoms with Gasteiger partial charge in [-0.2, -0.15) is 0 Å². The number of hydrogen-bond acceptors (Lipinski definition) is 2. The van der Waals surface area contributed by atoms with Crippen molar-refractivity contribution < 1.29 is 9.53 Å². The molecule has 0 aliphatic heterocycles. The molecule has 0 fully saturated rings. The maximum absolute atomic E-state index is 12.3. The molecule has 0 heterocycles. The molecule has 1 rings (SSSR count). The first-order valence-electron chi connectivity index (χ1n) is 6.99. The Kier molecular flexibility index (Phi) is 4.78. The highest BCUT2D eigenvalue weighted by Gasteiger charge is 2.34. The van der Waals surface area contributed by atoms with E-state index in [0.717, 1.165) is 18.4 Å². The fraction of sp³-hybridized carbons (Fsp3) is 0.588. The summed E-state index contributed by atoms with van der Waals surface area (Å²) in [7, 11) is 0. The fourth-order valence-corrected chi connectivity index (χ4v) is 1.90. The highest BCUT2D eigenvalue weighted by atomic mass is 16.6. The first-order chi connectivity index (χ1) is 8.66. The van der Waals surface area contributed by atoms with Crippen molar-refractivity contribution in [3.8, 4) is 0 Å². The molecule has 0 spiro atoms. The van der Waals surface area contributed by atoms with Gasteiger partial charge in [0, 0.05) is 0 Å². The van der Waals surface area contributed by atoms with Gasteiger partial charge in [-0.1, -0.05) is 37.6 Å². The molecule has 0 amide bonds. The topological polar surface area (TPSA) is 26.3 Å². The van der Waals surface area contributed by atoms with Crippen LogP contribution in [0.4, 0.5) is 0 Å². The molecule has 1 aromatic rings. The van der Waals surface area contributed by atoms with Crippen molar-refractivity contribution >= 4 is 5.97 Å². The maximum atomic E-state index is 12.3. The van der Waals surface area contributed by atoms with Gasteiger partial charge in [0.1, 0.15) is 5.60 Å². The lowest BCUT2D eigenvalue weighted by atomic mass is 9.84. The van der Waals surface area contributed by atoms with Crippen molar-refractivity contribution in [3.05, 3.63) is 35.4 Å². The lowest BCUT2D eigenvalue weighted by Gasteiger charge is -2.29. The zero-order valence-electron chi connectivity index (χ0n) is 13.0. The lowest BCUT2D eigenvalue weighted by molar-refractivity contribution is -0.160. The molecule has 0 bridgehead atoms. The highest BCUT2D eigenvalue weighted by molar-refractivity contribution is 5.82. The summed E-state index contributed by atoms with van der Waals surface area (Å²) in [6, 6.07) is 8.28. The normalized spacial score (nSPS) is 12.3. The number of rotatable bonds is 4. The molecule has 19 heavy (non-hydrogen) atoms. The Bertz CT molecular complexity index is 422. The van der Waals surface area contributed by atoms with Crippen LogP contribution in [0.5, 0.6) is 0 Å². The van der Waals surface area contributed by atoms with Gasteiger partial charge in [-0.25, -0.2) is 0 Å². The minimum atomic E-state index is -0.613. The largest absolute Gasteiger partial charge is 0.459 e. The van der Waals surface area contributed by atoms with Gasteiger partial charge >= 0.3 is 5.97 Å². The SMILES string of the molecule is CCCc1ccc(C(C)(C)C(=O)OC(C)(C)C)cc1. The van der Waals surface area contributed by atoms with E-state index in [1.54, 1.807) is 0 Å². The third-order valence-electron chi connectivity index (χ3n) is 3.12. The van der Waals surface area contributed by atoms with Gasteiger partial charge in [-0.3, -0.25) is 4.79 Å². The van der Waals surface area contributed by atoms with Crippen LogP contribution in [-0.4, -0.2) is 11.6 Å². The summed E-state index contributed by atoms with van der Waals surface area (Å²) in [5.74, 6) is -0.178. The monoisotopic (exact) mass is 262 g/mol. The fourth-order valence-electron chi connectivity index (χ4n) is 1.90. The summed E-state index contributed by atoms with van der Waals surface area (Å²) in [6.07, 6.45) is 2.21. The van der Waals surface area contributed by atoms with Crippen LogP contribution in [-0.2, 0) is 21.4 Å². The molecule has 0 unspecified atom stereocenters. The first-order valence-corrected chi connectivity index (χ1v) is 6.99. The van der Waals surface area contributed by atoms with Gasteiger partial charge < -0.3 is 4.74 Å². The van der Waals surface area contributed by atoms with Crippen molar-refractivity contribution in [3.63, 3.8) is 0 Å². The van der Waals surface area contributed by atoms with Crippen LogP contribution in [0.25, 0.3) is 0 Å². The van der Waals surface area contributed by atoms with E-state index >= 15 is 0 Å². The Morgan fingerprint density at radius 2 is 1.58 bits per heavy atom. The van der Waals surface area contributed by atoms with Gasteiger partial charge in [-0.05, 0) is 52.2 Å². The Labute approximate surface area is 117 Å². The van der Waals surface area contributed by atoms with Crippen molar-refractivity contribution in [2.75, 3.05) is 0 Å². The standard InChI is InChI=1S/C17H26O2/c1-7-8-13-9-11-14(12-10-13)17(5,6)15(18)19-16(2,3)4/h9-12H,7-8H2,1-6H3. The summed E-state index contributed by atoms with van der Waals surface area (Å²) < 4.78 is 5.50. The lowest BCUT2D eigenvalue weighted by Crippen LogP contribution is -2.36. The average Bonchev–Trinajstić information content (AvgIpc) is 2.28. The number of esters is 1. The second-order valence-electron chi connectivity index (χ2n) is 6.57. The summed E-state index contributed by atoms with van der Waals surface area (Å²) in [5.41, 5.74) is 1.25. The van der Waals surface area contributed by atoms with Crippen molar-refractivity contribution in [2.24, 2.45) is 0 Å². The third kappa shape index (κ3) is 4.38. The van der Waals surface area contributed by atoms with Crippen molar-refractivity contribution in [1.29, 1.82) is 0 Å². The number of hydrogen-bond donors (Lipinski definition) is 0. The van der Waals surface area contributed by atoms with Crippen LogP contribution in [0.1, 0.15) is 59.1 Å². The summed E-state index contributed by atoms with van der Waals surface area (Å²) in [4.78, 5) is 12.3. The summed E-state index contributed by atoms with van der Waals surface area (Å²) in [5, 5.41) is 0. The second-order valence-corrected chi connectivity index (χ2v) is 6.57. The van der Waals surface area contributed by atoms with E-state index < -0.39 is 11.0 Å². The Morgan fingerprint density at radius 3 is 2.00 bits per heavy atom. The maximum Gasteiger partial charge on any atom is 0.316 e. The quantitative estimate of drug-likeness (QED) is 0.758. The third-order valence-corrected chi connectivity index (χ3v) is 3.12. The number of aryl methyl sites for hydroxylation is 1. The zero-order valence-corrected chi connectivity index (χ0v) is 13.0. The molecule has 0 radical (unpaired) electrons. The van der Waals surface area contributed by atoms with E-state index in [2.05, 4.69) is 19.1 Å². The molecule has 106 valence electrons. The minimum Gasteiger partial charge on any atom is -0.459 e. The van der Waals surface area contributed by atoms with Crippen LogP contribution >= 0.6 is 0 Å². The average molecular weight is 262 g/mol. The van der Waals surface area contributed by atoms with E-state index in [9.17, 15) is 4.79 Å². The summed E-state index contributed by atoms with van der Waals surface area (Å²) in [6.45, 7) is 11.7. The molecule has 0 aromatic heterocycles. The molecule has 0 aliphatic carbocycles. The first kappa shape index (κ1) is 15.7. The Morgan fingerprint density at radius 1 is 1.05 bits per heavy atom. The van der Waals surface area contributed by atoms with E-state index in [1.807, 2.05) is 46.8 Å². The van der Waals surface area contributed by atoms with E-state index in [1.165, 1.54) is 5.56 Å². The number of ether oxygens (including phenoxy) is 1. The highest BCUT2D eigenvalue weighted by Crippen LogP contribution is 2.27. The van der Waals surface area contributed by atoms with Crippen LogP contribution in [0.15, 0.2) is 24.3 Å². The minimum absolute atomic E-state index is 0.178. The van der Waals surface area contributed by atoms with E-state index in [4.69, 9.17) is 4.74 Å². The molecule has 0 saturated heterocycles. The van der Waals surface area contributed by atoms with Crippen LogP contribution in [0.3, 0.4) is 0 Å². The summed E-state index contributed by atoms with van der Waals surface area (Å²) >= 11 is 0. The molecule has 0 saturated carbocycles. The zero-order chi connectivity index (χ0) is 14.7. The molecule has 0 N–H and O–H groups in total. The molecular formula is C17H26O2. The molecule has 0 atom stereocenters. The van der Waals surface area contributed by atoms with E-state index in [0.29, 0.717) is 0 Å². The number of carbonyl (C=O) groups is 1. The molecule has 0 aliphatic rings. The Balaban J connectivity index is 2.90. The van der Waals surface area contributed by atoms with Gasteiger partial charge in [-0.15, -0.1) is 0 Å².